The van der Waals surface area contributed by atoms with Crippen LogP contribution in [0.2, 0.25) is 0 Å². The summed E-state index contributed by atoms with van der Waals surface area (Å²) in [5, 5.41) is 8.97. The Hall–Kier alpha value is -0.870. The van der Waals surface area contributed by atoms with E-state index in [-0.39, 0.29) is 5.56 Å². The fraction of sp³-hybridized carbons (Fsp3) is 0.273. The first kappa shape index (κ1) is 12.2. The lowest BCUT2D eigenvalue weighted by molar-refractivity contribution is 0.0697. The molecule has 0 spiro atoms. The number of thiocarbonyl (C=S) groups is 1. The third kappa shape index (κ3) is 3.32. The summed E-state index contributed by atoms with van der Waals surface area (Å²) < 4.78 is 0.662. The Bertz CT molecular complexity index is 375. The highest BCUT2D eigenvalue weighted by molar-refractivity contribution is 8.23. The fourth-order valence-electron chi connectivity index (χ4n) is 1.12. The maximum Gasteiger partial charge on any atom is 0.336 e. The van der Waals surface area contributed by atoms with Crippen molar-refractivity contribution in [3.63, 3.8) is 0 Å². The molecule has 0 radical (unpaired) electrons. The lowest BCUT2D eigenvalue weighted by Crippen LogP contribution is -2.05. The van der Waals surface area contributed by atoms with Crippen LogP contribution in [0.4, 0.5) is 0 Å². The molecule has 0 fully saturated rings. The van der Waals surface area contributed by atoms with Crippen molar-refractivity contribution in [2.45, 2.75) is 13.3 Å². The molecule has 0 bridgehead atoms. The molecule has 4 heteroatoms. The van der Waals surface area contributed by atoms with Gasteiger partial charge in [-0.15, -0.1) is 11.8 Å². The molecule has 1 aromatic rings. The number of carboxylic acid groups (broad SMARTS) is 1. The van der Waals surface area contributed by atoms with Crippen molar-refractivity contribution >= 4 is 34.1 Å². The van der Waals surface area contributed by atoms with E-state index in [2.05, 4.69) is 6.92 Å². The van der Waals surface area contributed by atoms with Crippen LogP contribution in [0.15, 0.2) is 24.3 Å². The Morgan fingerprint density at radius 1 is 1.40 bits per heavy atom. The highest BCUT2D eigenvalue weighted by Crippen LogP contribution is 2.18. The molecule has 1 rings (SSSR count). The van der Waals surface area contributed by atoms with Crippen LogP contribution in [-0.4, -0.2) is 21.0 Å². The molecule has 0 aliphatic carbocycles. The number of thioether (sulfide) groups is 1. The van der Waals surface area contributed by atoms with Crippen LogP contribution in [0, 0.1) is 0 Å². The summed E-state index contributed by atoms with van der Waals surface area (Å²) in [5.74, 6) is -0.00248. The Labute approximate surface area is 98.7 Å². The molecular formula is C11H12O2S2. The third-order valence-corrected chi connectivity index (χ3v) is 3.48. The second kappa shape index (κ2) is 5.88. The van der Waals surface area contributed by atoms with Crippen LogP contribution < -0.4 is 0 Å². The second-order valence-electron chi connectivity index (χ2n) is 2.99. The largest absolute Gasteiger partial charge is 0.478 e. The number of carbonyl (C=O) groups is 1. The third-order valence-electron chi connectivity index (χ3n) is 1.81. The van der Waals surface area contributed by atoms with E-state index in [4.69, 9.17) is 17.3 Å². The highest BCUT2D eigenvalue weighted by atomic mass is 32.2. The molecule has 1 aromatic carbocycles. The van der Waals surface area contributed by atoms with Gasteiger partial charge in [0.15, 0.2) is 0 Å². The van der Waals surface area contributed by atoms with E-state index >= 15 is 0 Å². The number of aromatic carboxylic acids is 1. The van der Waals surface area contributed by atoms with Crippen LogP contribution in [0.25, 0.3) is 0 Å². The minimum Gasteiger partial charge on any atom is -0.478 e. The van der Waals surface area contributed by atoms with Gasteiger partial charge in [-0.05, 0) is 18.2 Å². The monoisotopic (exact) mass is 240 g/mol. The van der Waals surface area contributed by atoms with Gasteiger partial charge >= 0.3 is 5.97 Å². The molecule has 0 aliphatic rings. The van der Waals surface area contributed by atoms with Gasteiger partial charge in [0.2, 0.25) is 0 Å². The summed E-state index contributed by atoms with van der Waals surface area (Å²) in [6, 6.07) is 6.85. The molecule has 0 saturated heterocycles. The molecule has 0 unspecified atom stereocenters. The summed E-state index contributed by atoms with van der Waals surface area (Å²) in [6.07, 6.45) is 1.03. The van der Waals surface area contributed by atoms with Gasteiger partial charge in [-0.3, -0.25) is 0 Å². The van der Waals surface area contributed by atoms with Crippen molar-refractivity contribution in [1.82, 2.24) is 0 Å². The van der Waals surface area contributed by atoms with E-state index < -0.39 is 5.97 Å². The summed E-state index contributed by atoms with van der Waals surface area (Å²) in [6.45, 7) is 2.07. The zero-order valence-electron chi connectivity index (χ0n) is 8.40. The molecule has 2 nitrogen and oxygen atoms in total. The highest BCUT2D eigenvalue weighted by Gasteiger charge is 2.12. The molecule has 0 heterocycles. The first-order chi connectivity index (χ1) is 7.16. The zero-order valence-corrected chi connectivity index (χ0v) is 10.0. The Morgan fingerprint density at radius 3 is 2.53 bits per heavy atom. The standard InChI is InChI=1S/C11H12O2S2/c1-2-7-15-11(14)9-6-4-3-5-8(9)10(12)13/h3-6H,2,7H2,1H3,(H,12,13). The maximum atomic E-state index is 10.9. The van der Waals surface area contributed by atoms with Gasteiger partial charge < -0.3 is 5.11 Å². The van der Waals surface area contributed by atoms with Crippen molar-refractivity contribution in [2.24, 2.45) is 0 Å². The smallest absolute Gasteiger partial charge is 0.336 e. The van der Waals surface area contributed by atoms with Crippen molar-refractivity contribution in [1.29, 1.82) is 0 Å². The minimum absolute atomic E-state index is 0.283. The number of benzene rings is 1. The van der Waals surface area contributed by atoms with Gasteiger partial charge in [0, 0.05) is 5.56 Å². The van der Waals surface area contributed by atoms with Gasteiger partial charge in [0.1, 0.15) is 0 Å². The molecular weight excluding hydrogens is 228 g/mol. The molecule has 0 saturated carbocycles. The normalized spacial score (nSPS) is 9.93. The van der Waals surface area contributed by atoms with Gasteiger partial charge in [-0.2, -0.15) is 0 Å². The molecule has 0 aromatic heterocycles. The van der Waals surface area contributed by atoms with E-state index in [0.717, 1.165) is 12.2 Å². The summed E-state index contributed by atoms with van der Waals surface area (Å²) in [7, 11) is 0. The fourth-order valence-corrected chi connectivity index (χ4v) is 2.27. The predicted molar refractivity (Wildman–Crippen MR) is 67.9 cm³/mol. The lowest BCUT2D eigenvalue weighted by Gasteiger charge is -2.06. The van der Waals surface area contributed by atoms with Crippen molar-refractivity contribution in [2.75, 3.05) is 5.75 Å². The maximum absolute atomic E-state index is 10.9. The van der Waals surface area contributed by atoms with Crippen LogP contribution in [0.1, 0.15) is 29.3 Å². The minimum atomic E-state index is -0.926. The van der Waals surface area contributed by atoms with Crippen LogP contribution >= 0.6 is 24.0 Å². The van der Waals surface area contributed by atoms with E-state index in [1.807, 2.05) is 0 Å². The quantitative estimate of drug-likeness (QED) is 0.820. The molecule has 0 amide bonds. The Kier molecular flexibility index (Phi) is 4.78. The molecule has 0 atom stereocenters. The van der Waals surface area contributed by atoms with Gasteiger partial charge in [-0.25, -0.2) is 4.79 Å². The van der Waals surface area contributed by atoms with E-state index in [1.54, 1.807) is 24.3 Å². The van der Waals surface area contributed by atoms with E-state index in [1.165, 1.54) is 11.8 Å². The van der Waals surface area contributed by atoms with Crippen LogP contribution in [0.3, 0.4) is 0 Å². The van der Waals surface area contributed by atoms with Crippen LogP contribution in [0.5, 0.6) is 0 Å². The summed E-state index contributed by atoms with van der Waals surface area (Å²) >= 11 is 6.72. The predicted octanol–water partition coefficient (Wildman–Crippen LogP) is 3.20. The molecule has 1 N–H and O–H groups in total. The number of hydrogen-bond acceptors (Lipinski definition) is 3. The molecule has 15 heavy (non-hydrogen) atoms. The SMILES string of the molecule is CCCSC(=S)c1ccccc1C(=O)O. The average molecular weight is 240 g/mol. The van der Waals surface area contributed by atoms with Crippen molar-refractivity contribution < 1.29 is 9.90 Å². The summed E-state index contributed by atoms with van der Waals surface area (Å²) in [5.41, 5.74) is 0.935. The van der Waals surface area contributed by atoms with Crippen molar-refractivity contribution in [3.05, 3.63) is 35.4 Å². The molecule has 0 aliphatic heterocycles. The van der Waals surface area contributed by atoms with Gasteiger partial charge in [0.05, 0.1) is 9.76 Å². The zero-order chi connectivity index (χ0) is 11.3. The number of rotatable bonds is 4. The lowest BCUT2D eigenvalue weighted by atomic mass is 10.1. The first-order valence-corrected chi connectivity index (χ1v) is 6.05. The van der Waals surface area contributed by atoms with E-state index in [0.29, 0.717) is 9.76 Å². The summed E-state index contributed by atoms with van der Waals surface area (Å²) in [4.78, 5) is 10.9. The number of carboxylic acids is 1. The Morgan fingerprint density at radius 2 is 2.00 bits per heavy atom. The van der Waals surface area contributed by atoms with Crippen molar-refractivity contribution in [3.8, 4) is 0 Å². The number of hydrogen-bond donors (Lipinski definition) is 1. The molecule has 80 valence electrons. The van der Waals surface area contributed by atoms with Gasteiger partial charge in [0.25, 0.3) is 0 Å². The Balaban J connectivity index is 2.92. The van der Waals surface area contributed by atoms with Gasteiger partial charge in [-0.1, -0.05) is 37.3 Å². The second-order valence-corrected chi connectivity index (χ2v) is 4.76. The van der Waals surface area contributed by atoms with Crippen LogP contribution in [-0.2, 0) is 0 Å². The topological polar surface area (TPSA) is 37.3 Å². The average Bonchev–Trinajstić information content (AvgIpc) is 2.25. The first-order valence-electron chi connectivity index (χ1n) is 4.66. The van der Waals surface area contributed by atoms with E-state index in [9.17, 15) is 4.79 Å².